The molecule has 21 heavy (non-hydrogen) atoms. The van der Waals surface area contributed by atoms with E-state index in [-0.39, 0.29) is 17.4 Å². The fraction of sp³-hybridized carbons (Fsp3) is 0.769. The predicted octanol–water partition coefficient (Wildman–Crippen LogP) is 0.424. The van der Waals surface area contributed by atoms with Crippen molar-refractivity contribution < 1.29 is 9.59 Å². The molecule has 0 aromatic rings. The standard InChI is InChI=1S/C7H15NO.C3H8N2O.C3H8N2S/c1-7(2,3)5-6(9)8-4;2*1-4-3(6)5-2/h5H2,1-4H3,(H,8,9);2*1-2H3,(H2,4,5,6). The highest BCUT2D eigenvalue weighted by molar-refractivity contribution is 7.80. The van der Waals surface area contributed by atoms with Gasteiger partial charge in [0.1, 0.15) is 0 Å². The maximum atomic E-state index is 10.7. The van der Waals surface area contributed by atoms with E-state index in [1.165, 1.54) is 0 Å². The van der Waals surface area contributed by atoms with E-state index >= 15 is 0 Å². The van der Waals surface area contributed by atoms with Gasteiger partial charge in [0.05, 0.1) is 0 Å². The quantitative estimate of drug-likeness (QED) is 0.451. The predicted molar refractivity (Wildman–Crippen MR) is 92.4 cm³/mol. The molecule has 0 spiro atoms. The van der Waals surface area contributed by atoms with Crippen LogP contribution < -0.4 is 26.6 Å². The number of hydrogen-bond donors (Lipinski definition) is 5. The van der Waals surface area contributed by atoms with Gasteiger partial charge in [0.25, 0.3) is 0 Å². The van der Waals surface area contributed by atoms with E-state index in [0.717, 1.165) is 0 Å². The van der Waals surface area contributed by atoms with Gasteiger partial charge in [0.2, 0.25) is 5.91 Å². The molecule has 0 aliphatic heterocycles. The third-order valence-corrected chi connectivity index (χ3v) is 2.29. The summed E-state index contributed by atoms with van der Waals surface area (Å²) in [5, 5.41) is 13.5. The van der Waals surface area contributed by atoms with Gasteiger partial charge in [0, 0.05) is 41.7 Å². The van der Waals surface area contributed by atoms with E-state index in [1.54, 1.807) is 35.2 Å². The van der Waals surface area contributed by atoms with E-state index in [9.17, 15) is 9.59 Å². The third-order valence-electron chi connectivity index (χ3n) is 1.88. The molecule has 0 aromatic heterocycles. The van der Waals surface area contributed by atoms with Crippen molar-refractivity contribution in [2.45, 2.75) is 27.2 Å². The van der Waals surface area contributed by atoms with Gasteiger partial charge in [-0.3, -0.25) is 4.79 Å². The average Bonchev–Trinajstić information content (AvgIpc) is 2.44. The minimum Gasteiger partial charge on any atom is -0.366 e. The first-order chi connectivity index (χ1) is 9.57. The smallest absolute Gasteiger partial charge is 0.314 e. The van der Waals surface area contributed by atoms with Crippen LogP contribution in [0.5, 0.6) is 0 Å². The van der Waals surface area contributed by atoms with Crippen molar-refractivity contribution in [3.8, 4) is 0 Å². The minimum absolute atomic E-state index is 0.111. The lowest BCUT2D eigenvalue weighted by atomic mass is 9.92. The van der Waals surface area contributed by atoms with Crippen LogP contribution in [-0.2, 0) is 4.79 Å². The Morgan fingerprint density at radius 3 is 1.24 bits per heavy atom. The Kier molecular flexibility index (Phi) is 17.3. The molecule has 0 radical (unpaired) electrons. The summed E-state index contributed by atoms with van der Waals surface area (Å²) in [6.07, 6.45) is 0.601. The molecule has 7 nitrogen and oxygen atoms in total. The molecule has 0 saturated carbocycles. The molecule has 0 unspecified atom stereocenters. The Labute approximate surface area is 134 Å². The monoisotopic (exact) mass is 321 g/mol. The van der Waals surface area contributed by atoms with E-state index in [2.05, 4.69) is 38.8 Å². The van der Waals surface area contributed by atoms with Gasteiger partial charge in [-0.25, -0.2) is 4.79 Å². The van der Waals surface area contributed by atoms with Crippen molar-refractivity contribution in [1.82, 2.24) is 26.6 Å². The molecular formula is C13H31N5O2S. The van der Waals surface area contributed by atoms with Crippen LogP contribution >= 0.6 is 12.2 Å². The van der Waals surface area contributed by atoms with Crippen LogP contribution in [0, 0.1) is 5.41 Å². The molecule has 126 valence electrons. The summed E-state index contributed by atoms with van der Waals surface area (Å²) < 4.78 is 0. The topological polar surface area (TPSA) is 94.3 Å². The number of carbonyl (C=O) groups is 2. The molecule has 0 aromatic carbocycles. The lowest BCUT2D eigenvalue weighted by molar-refractivity contribution is -0.122. The summed E-state index contributed by atoms with van der Waals surface area (Å²) in [5.74, 6) is 0.113. The molecular weight excluding hydrogens is 290 g/mol. The van der Waals surface area contributed by atoms with Gasteiger partial charge < -0.3 is 26.6 Å². The van der Waals surface area contributed by atoms with Gasteiger partial charge in [-0.05, 0) is 17.6 Å². The number of thiocarbonyl (C=S) groups is 1. The summed E-state index contributed by atoms with van der Waals surface area (Å²) >= 11 is 4.63. The van der Waals surface area contributed by atoms with E-state index in [0.29, 0.717) is 11.5 Å². The van der Waals surface area contributed by atoms with E-state index < -0.39 is 0 Å². The minimum atomic E-state index is -0.157. The fourth-order valence-electron chi connectivity index (χ4n) is 0.820. The van der Waals surface area contributed by atoms with Crippen LogP contribution in [0.2, 0.25) is 0 Å². The second-order valence-corrected chi connectivity index (χ2v) is 5.48. The van der Waals surface area contributed by atoms with Crippen LogP contribution in [0.4, 0.5) is 4.79 Å². The molecule has 0 fully saturated rings. The highest BCUT2D eigenvalue weighted by Gasteiger charge is 2.13. The second kappa shape index (κ2) is 14.8. The van der Waals surface area contributed by atoms with Crippen molar-refractivity contribution in [3.05, 3.63) is 0 Å². The van der Waals surface area contributed by atoms with Gasteiger partial charge >= 0.3 is 6.03 Å². The van der Waals surface area contributed by atoms with Gasteiger partial charge in [-0.15, -0.1) is 0 Å². The number of nitrogens with one attached hydrogen (secondary N) is 5. The molecule has 8 heteroatoms. The summed E-state index contributed by atoms with van der Waals surface area (Å²) in [6, 6.07) is -0.157. The van der Waals surface area contributed by atoms with Gasteiger partial charge in [-0.2, -0.15) is 0 Å². The molecule has 0 aliphatic rings. The van der Waals surface area contributed by atoms with Gasteiger partial charge in [-0.1, -0.05) is 20.8 Å². The van der Waals surface area contributed by atoms with Crippen LogP contribution in [0.25, 0.3) is 0 Å². The van der Waals surface area contributed by atoms with Crippen LogP contribution in [0.3, 0.4) is 0 Å². The zero-order valence-corrected chi connectivity index (χ0v) is 15.2. The Balaban J connectivity index is -0.000000240. The summed E-state index contributed by atoms with van der Waals surface area (Å²) in [6.45, 7) is 6.13. The Morgan fingerprint density at radius 2 is 1.19 bits per heavy atom. The van der Waals surface area contributed by atoms with Crippen molar-refractivity contribution >= 4 is 29.3 Å². The highest BCUT2D eigenvalue weighted by Crippen LogP contribution is 2.17. The lowest BCUT2D eigenvalue weighted by Crippen LogP contribution is -2.28. The first kappa shape index (κ1) is 24.4. The zero-order chi connectivity index (χ0) is 17.5. The molecule has 0 bridgehead atoms. The second-order valence-electron chi connectivity index (χ2n) is 5.07. The van der Waals surface area contributed by atoms with E-state index in [1.807, 2.05) is 20.8 Å². The number of carbonyl (C=O) groups excluding carboxylic acids is 2. The average molecular weight is 321 g/mol. The zero-order valence-electron chi connectivity index (χ0n) is 14.4. The number of hydrogen-bond acceptors (Lipinski definition) is 3. The number of urea groups is 1. The van der Waals surface area contributed by atoms with Crippen molar-refractivity contribution in [2.75, 3.05) is 35.2 Å². The Bertz CT molecular complexity index is 275. The van der Waals surface area contributed by atoms with Crippen molar-refractivity contribution in [3.63, 3.8) is 0 Å². The lowest BCUT2D eigenvalue weighted by Gasteiger charge is -2.15. The SMILES string of the molecule is CNC(=O)CC(C)(C)C.CNC(=O)NC.CNC(=S)NC. The van der Waals surface area contributed by atoms with Crippen LogP contribution in [-0.4, -0.2) is 52.3 Å². The Morgan fingerprint density at radius 1 is 0.810 bits per heavy atom. The molecule has 3 amide bonds. The van der Waals surface area contributed by atoms with Crippen molar-refractivity contribution in [1.29, 1.82) is 0 Å². The number of rotatable bonds is 1. The third kappa shape index (κ3) is 27.6. The summed E-state index contributed by atoms with van der Waals surface area (Å²) in [4.78, 5) is 20.7. The maximum Gasteiger partial charge on any atom is 0.314 e. The highest BCUT2D eigenvalue weighted by atomic mass is 32.1. The van der Waals surface area contributed by atoms with Crippen LogP contribution in [0.15, 0.2) is 0 Å². The summed E-state index contributed by atoms with van der Waals surface area (Å²) in [7, 11) is 8.35. The van der Waals surface area contributed by atoms with Crippen LogP contribution in [0.1, 0.15) is 27.2 Å². The molecule has 0 atom stereocenters. The first-order valence-electron chi connectivity index (χ1n) is 6.57. The first-order valence-corrected chi connectivity index (χ1v) is 6.98. The van der Waals surface area contributed by atoms with Gasteiger partial charge in [0.15, 0.2) is 5.11 Å². The molecule has 0 saturated heterocycles. The molecule has 5 N–H and O–H groups in total. The van der Waals surface area contributed by atoms with E-state index in [4.69, 9.17) is 0 Å². The summed E-state index contributed by atoms with van der Waals surface area (Å²) in [5.41, 5.74) is 0.111. The molecule has 0 rings (SSSR count). The fourth-order valence-corrected chi connectivity index (χ4v) is 0.820. The van der Waals surface area contributed by atoms with Crippen molar-refractivity contribution in [2.24, 2.45) is 5.41 Å². The molecule has 0 aliphatic carbocycles. The molecule has 0 heterocycles. The normalized spacial score (nSPS) is 8.76. The maximum absolute atomic E-state index is 10.7. The Hall–Kier alpha value is -1.57. The number of amides is 3. The largest absolute Gasteiger partial charge is 0.366 e.